The third kappa shape index (κ3) is 4.94. The number of carbonyl (C=O) groups excluding carboxylic acids is 1. The Balaban J connectivity index is 2.04. The average molecular weight is 337 g/mol. The van der Waals surface area contributed by atoms with E-state index in [1.165, 1.54) is 48.4 Å². The molecule has 0 aliphatic rings. The molecule has 2 aromatic rings. The third-order valence-corrected chi connectivity index (χ3v) is 3.32. The van der Waals surface area contributed by atoms with Gasteiger partial charge in [-0.15, -0.1) is 0 Å². The summed E-state index contributed by atoms with van der Waals surface area (Å²) in [5.41, 5.74) is 0.126. The predicted octanol–water partition coefficient (Wildman–Crippen LogP) is 4.52. The number of halogens is 4. The summed E-state index contributed by atoms with van der Waals surface area (Å²) in [6, 6.07) is 10.5. The minimum absolute atomic E-state index is 0.198. The summed E-state index contributed by atoms with van der Waals surface area (Å²) in [4.78, 5) is 13.4. The number of benzene rings is 2. The Kier molecular flexibility index (Phi) is 5.39. The molecule has 0 fully saturated rings. The Bertz CT molecular complexity index is 753. The highest BCUT2D eigenvalue weighted by Crippen LogP contribution is 2.29. The van der Waals surface area contributed by atoms with Gasteiger partial charge in [0.05, 0.1) is 5.56 Å². The molecule has 0 saturated carbocycles. The molecule has 24 heavy (non-hydrogen) atoms. The average Bonchev–Trinajstić information content (AvgIpc) is 2.52. The molecule has 126 valence electrons. The molecule has 0 unspecified atom stereocenters. The predicted molar refractivity (Wildman–Crippen MR) is 83.4 cm³/mol. The van der Waals surface area contributed by atoms with E-state index < -0.39 is 23.5 Å². The molecule has 0 aliphatic heterocycles. The van der Waals surface area contributed by atoms with E-state index in [1.54, 1.807) is 12.1 Å². The molecule has 0 bridgehead atoms. The second-order valence-corrected chi connectivity index (χ2v) is 5.28. The van der Waals surface area contributed by atoms with Crippen molar-refractivity contribution < 1.29 is 22.4 Å². The standard InChI is InChI=1S/C18H15F4NO/c1-23(12-14-5-3-7-16(19)11-14)17(24)9-8-13-4-2-6-15(10-13)18(20,21)22/h2-11H,12H2,1H3/b9-8+. The Morgan fingerprint density at radius 3 is 2.50 bits per heavy atom. The van der Waals surface area contributed by atoms with Gasteiger partial charge in [0.25, 0.3) is 0 Å². The fraction of sp³-hybridized carbons (Fsp3) is 0.167. The fourth-order valence-corrected chi connectivity index (χ4v) is 2.10. The van der Waals surface area contributed by atoms with Gasteiger partial charge in [0.1, 0.15) is 5.82 Å². The Morgan fingerprint density at radius 2 is 1.83 bits per heavy atom. The van der Waals surface area contributed by atoms with Crippen LogP contribution in [0.25, 0.3) is 6.08 Å². The molecule has 0 spiro atoms. The summed E-state index contributed by atoms with van der Waals surface area (Å²) in [5, 5.41) is 0. The van der Waals surface area contributed by atoms with E-state index in [1.807, 2.05) is 0 Å². The zero-order chi connectivity index (χ0) is 17.7. The Labute approximate surface area is 137 Å². The normalized spacial score (nSPS) is 11.7. The number of nitrogens with zero attached hydrogens (tertiary/aromatic N) is 1. The summed E-state index contributed by atoms with van der Waals surface area (Å²) in [6.07, 6.45) is -1.92. The van der Waals surface area contributed by atoms with E-state index in [-0.39, 0.29) is 12.1 Å². The third-order valence-electron chi connectivity index (χ3n) is 3.32. The van der Waals surface area contributed by atoms with Crippen molar-refractivity contribution in [1.82, 2.24) is 4.90 Å². The topological polar surface area (TPSA) is 20.3 Å². The monoisotopic (exact) mass is 337 g/mol. The fourth-order valence-electron chi connectivity index (χ4n) is 2.10. The molecule has 2 aromatic carbocycles. The van der Waals surface area contributed by atoms with E-state index in [2.05, 4.69) is 0 Å². The summed E-state index contributed by atoms with van der Waals surface area (Å²) in [7, 11) is 1.53. The van der Waals surface area contributed by atoms with Crippen molar-refractivity contribution in [2.24, 2.45) is 0 Å². The van der Waals surface area contributed by atoms with Crippen molar-refractivity contribution in [3.63, 3.8) is 0 Å². The van der Waals surface area contributed by atoms with Gasteiger partial charge in [-0.2, -0.15) is 13.2 Å². The van der Waals surface area contributed by atoms with Crippen LogP contribution in [0.3, 0.4) is 0 Å². The lowest BCUT2D eigenvalue weighted by atomic mass is 10.1. The van der Waals surface area contributed by atoms with Crippen molar-refractivity contribution in [3.8, 4) is 0 Å². The summed E-state index contributed by atoms with van der Waals surface area (Å²) < 4.78 is 51.0. The van der Waals surface area contributed by atoms with Crippen LogP contribution < -0.4 is 0 Å². The number of likely N-dealkylation sites (N-methyl/N-ethyl adjacent to an activating group) is 1. The van der Waals surface area contributed by atoms with Crippen LogP contribution in [-0.4, -0.2) is 17.9 Å². The van der Waals surface area contributed by atoms with E-state index in [9.17, 15) is 22.4 Å². The van der Waals surface area contributed by atoms with Crippen LogP contribution in [0.5, 0.6) is 0 Å². The van der Waals surface area contributed by atoms with Crippen molar-refractivity contribution >= 4 is 12.0 Å². The number of carbonyl (C=O) groups is 1. The molecule has 2 nitrogen and oxygen atoms in total. The number of hydrogen-bond acceptors (Lipinski definition) is 1. The first-order valence-electron chi connectivity index (χ1n) is 7.10. The molecule has 0 heterocycles. The van der Waals surface area contributed by atoms with Crippen LogP contribution in [0.4, 0.5) is 17.6 Å². The first-order chi connectivity index (χ1) is 11.3. The van der Waals surface area contributed by atoms with Crippen LogP contribution in [0, 0.1) is 5.82 Å². The first kappa shape index (κ1) is 17.7. The highest BCUT2D eigenvalue weighted by Gasteiger charge is 2.30. The van der Waals surface area contributed by atoms with Gasteiger partial charge in [-0.25, -0.2) is 4.39 Å². The molecule has 2 rings (SSSR count). The Hall–Kier alpha value is -2.63. The van der Waals surface area contributed by atoms with E-state index in [0.717, 1.165) is 12.1 Å². The highest BCUT2D eigenvalue weighted by atomic mass is 19.4. The van der Waals surface area contributed by atoms with Crippen molar-refractivity contribution in [3.05, 3.63) is 77.1 Å². The van der Waals surface area contributed by atoms with Crippen LogP contribution >= 0.6 is 0 Å². The van der Waals surface area contributed by atoms with Gasteiger partial charge >= 0.3 is 6.18 Å². The largest absolute Gasteiger partial charge is 0.416 e. The lowest BCUT2D eigenvalue weighted by Crippen LogP contribution is -2.24. The van der Waals surface area contributed by atoms with Gasteiger partial charge < -0.3 is 4.90 Å². The quantitative estimate of drug-likeness (QED) is 0.593. The summed E-state index contributed by atoms with van der Waals surface area (Å²) in [6.45, 7) is 0.198. The molecule has 0 aromatic heterocycles. The minimum atomic E-state index is -4.43. The second-order valence-electron chi connectivity index (χ2n) is 5.28. The van der Waals surface area contributed by atoms with Crippen LogP contribution in [0.2, 0.25) is 0 Å². The molecule has 0 aliphatic carbocycles. The van der Waals surface area contributed by atoms with Crippen molar-refractivity contribution in [2.75, 3.05) is 7.05 Å². The molecular formula is C18H15F4NO. The number of alkyl halides is 3. The van der Waals surface area contributed by atoms with Crippen molar-refractivity contribution in [2.45, 2.75) is 12.7 Å². The molecular weight excluding hydrogens is 322 g/mol. The lowest BCUT2D eigenvalue weighted by molar-refractivity contribution is -0.137. The van der Waals surface area contributed by atoms with Crippen LogP contribution in [-0.2, 0) is 17.5 Å². The molecule has 0 saturated heterocycles. The van der Waals surface area contributed by atoms with Gasteiger partial charge in [-0.05, 0) is 41.5 Å². The van der Waals surface area contributed by atoms with Crippen molar-refractivity contribution in [1.29, 1.82) is 0 Å². The van der Waals surface area contributed by atoms with Gasteiger partial charge in [-0.3, -0.25) is 4.79 Å². The van der Waals surface area contributed by atoms with Gasteiger partial charge in [0.15, 0.2) is 0 Å². The first-order valence-corrected chi connectivity index (χ1v) is 7.10. The lowest BCUT2D eigenvalue weighted by Gasteiger charge is -2.15. The SMILES string of the molecule is CN(Cc1cccc(F)c1)C(=O)/C=C/c1cccc(C(F)(F)F)c1. The maximum Gasteiger partial charge on any atom is 0.416 e. The van der Waals surface area contributed by atoms with E-state index in [4.69, 9.17) is 0 Å². The zero-order valence-corrected chi connectivity index (χ0v) is 12.8. The number of rotatable bonds is 4. The minimum Gasteiger partial charge on any atom is -0.338 e. The van der Waals surface area contributed by atoms with E-state index in [0.29, 0.717) is 5.56 Å². The second kappa shape index (κ2) is 7.29. The number of hydrogen-bond donors (Lipinski definition) is 0. The van der Waals surface area contributed by atoms with Gasteiger partial charge in [0, 0.05) is 19.7 Å². The maximum atomic E-state index is 13.1. The van der Waals surface area contributed by atoms with Gasteiger partial charge in [0.2, 0.25) is 5.91 Å². The smallest absolute Gasteiger partial charge is 0.338 e. The molecule has 6 heteroatoms. The van der Waals surface area contributed by atoms with Crippen LogP contribution in [0.15, 0.2) is 54.6 Å². The summed E-state index contributed by atoms with van der Waals surface area (Å²) in [5.74, 6) is -0.787. The zero-order valence-electron chi connectivity index (χ0n) is 12.8. The molecule has 1 amide bonds. The van der Waals surface area contributed by atoms with Gasteiger partial charge in [-0.1, -0.05) is 24.3 Å². The maximum absolute atomic E-state index is 13.1. The Morgan fingerprint density at radius 1 is 1.12 bits per heavy atom. The molecule has 0 radical (unpaired) electrons. The molecule has 0 atom stereocenters. The summed E-state index contributed by atoms with van der Waals surface area (Å²) >= 11 is 0. The highest BCUT2D eigenvalue weighted by molar-refractivity contribution is 5.91. The molecule has 0 N–H and O–H groups in total. The van der Waals surface area contributed by atoms with E-state index >= 15 is 0 Å². The van der Waals surface area contributed by atoms with Crippen LogP contribution in [0.1, 0.15) is 16.7 Å². The number of amides is 1.